The first-order valence-corrected chi connectivity index (χ1v) is 6.88. The lowest BCUT2D eigenvalue weighted by atomic mass is 10.0. The topological polar surface area (TPSA) is 21.3 Å². The summed E-state index contributed by atoms with van der Waals surface area (Å²) < 4.78 is 5.74. The van der Waals surface area contributed by atoms with E-state index < -0.39 is 0 Å². The van der Waals surface area contributed by atoms with Crippen LogP contribution in [-0.2, 0) is 0 Å². The van der Waals surface area contributed by atoms with Crippen LogP contribution in [0.5, 0.6) is 5.75 Å². The van der Waals surface area contributed by atoms with Gasteiger partial charge in [-0.2, -0.15) is 0 Å². The van der Waals surface area contributed by atoms with Gasteiger partial charge in [0.25, 0.3) is 0 Å². The van der Waals surface area contributed by atoms with Crippen molar-refractivity contribution >= 4 is 23.2 Å². The zero-order valence-electron chi connectivity index (χ0n) is 9.51. The molecule has 1 saturated carbocycles. The molecule has 0 bridgehead atoms. The number of ether oxygens (including phenoxy) is 1. The fourth-order valence-electron chi connectivity index (χ4n) is 2.33. The zero-order valence-corrected chi connectivity index (χ0v) is 11.0. The zero-order chi connectivity index (χ0) is 11.8. The van der Waals surface area contributed by atoms with E-state index in [4.69, 9.17) is 27.9 Å². The van der Waals surface area contributed by atoms with Crippen molar-refractivity contribution in [3.8, 4) is 5.75 Å². The number of fused-ring (bicyclic) bond motifs is 1. The first-order chi connectivity index (χ1) is 8.25. The van der Waals surface area contributed by atoms with Crippen molar-refractivity contribution in [2.45, 2.75) is 37.8 Å². The van der Waals surface area contributed by atoms with E-state index >= 15 is 0 Å². The Labute approximate surface area is 111 Å². The molecule has 1 N–H and O–H groups in total. The van der Waals surface area contributed by atoms with Gasteiger partial charge in [-0.05, 0) is 37.8 Å². The second kappa shape index (κ2) is 4.68. The third-order valence-electron chi connectivity index (χ3n) is 3.34. The monoisotopic (exact) mass is 271 g/mol. The molecule has 4 heteroatoms. The van der Waals surface area contributed by atoms with Crippen molar-refractivity contribution in [3.63, 3.8) is 0 Å². The largest absolute Gasteiger partial charge is 0.492 e. The smallest absolute Gasteiger partial charge is 0.144 e. The van der Waals surface area contributed by atoms with Gasteiger partial charge in [-0.1, -0.05) is 23.2 Å². The summed E-state index contributed by atoms with van der Waals surface area (Å²) in [5.41, 5.74) is 1.04. The molecule has 17 heavy (non-hydrogen) atoms. The predicted octanol–water partition coefficient (Wildman–Crippen LogP) is 3.96. The van der Waals surface area contributed by atoms with Gasteiger partial charge in [0.1, 0.15) is 5.75 Å². The van der Waals surface area contributed by atoms with Crippen LogP contribution in [0.25, 0.3) is 0 Å². The maximum absolute atomic E-state index is 6.31. The van der Waals surface area contributed by atoms with Crippen molar-refractivity contribution in [3.05, 3.63) is 27.7 Å². The molecule has 92 valence electrons. The quantitative estimate of drug-likeness (QED) is 0.879. The van der Waals surface area contributed by atoms with Gasteiger partial charge in [0, 0.05) is 22.7 Å². The van der Waals surface area contributed by atoms with Gasteiger partial charge in [0.15, 0.2) is 0 Å². The molecule has 3 rings (SSSR count). The Balaban J connectivity index is 1.99. The number of rotatable bonds is 2. The van der Waals surface area contributed by atoms with E-state index in [-0.39, 0.29) is 6.04 Å². The molecule has 1 fully saturated rings. The van der Waals surface area contributed by atoms with Crippen molar-refractivity contribution < 1.29 is 4.74 Å². The summed E-state index contributed by atoms with van der Waals surface area (Å²) in [4.78, 5) is 0. The van der Waals surface area contributed by atoms with Crippen molar-refractivity contribution in [1.29, 1.82) is 0 Å². The van der Waals surface area contributed by atoms with Gasteiger partial charge in [0.05, 0.1) is 11.6 Å². The lowest BCUT2D eigenvalue weighted by Crippen LogP contribution is -2.23. The molecule has 0 saturated heterocycles. The molecule has 1 unspecified atom stereocenters. The maximum Gasteiger partial charge on any atom is 0.144 e. The lowest BCUT2D eigenvalue weighted by Gasteiger charge is -2.20. The third kappa shape index (κ3) is 2.40. The van der Waals surface area contributed by atoms with Crippen LogP contribution in [0.2, 0.25) is 10.0 Å². The number of benzene rings is 1. The summed E-state index contributed by atoms with van der Waals surface area (Å²) in [6.07, 6.45) is 4.63. The van der Waals surface area contributed by atoms with E-state index in [0.29, 0.717) is 11.1 Å². The first-order valence-electron chi connectivity index (χ1n) is 6.12. The molecule has 1 heterocycles. The Morgan fingerprint density at radius 1 is 1.12 bits per heavy atom. The number of hydrogen-bond acceptors (Lipinski definition) is 2. The molecule has 2 nitrogen and oxygen atoms in total. The van der Waals surface area contributed by atoms with Crippen LogP contribution in [0.1, 0.15) is 37.3 Å². The Kier molecular flexibility index (Phi) is 3.20. The average Bonchev–Trinajstić information content (AvgIpc) is 3.12. The van der Waals surface area contributed by atoms with Crippen molar-refractivity contribution in [2.24, 2.45) is 0 Å². The van der Waals surface area contributed by atoms with Gasteiger partial charge in [-0.3, -0.25) is 0 Å². The molecular weight excluding hydrogens is 257 g/mol. The van der Waals surface area contributed by atoms with Gasteiger partial charge in [-0.15, -0.1) is 0 Å². The molecule has 1 aromatic rings. The summed E-state index contributed by atoms with van der Waals surface area (Å²) in [5.74, 6) is 0.773. The number of halogens is 2. The van der Waals surface area contributed by atoms with Crippen LogP contribution in [-0.4, -0.2) is 12.6 Å². The minimum absolute atomic E-state index is 0.284. The highest BCUT2D eigenvalue weighted by atomic mass is 35.5. The molecule has 1 aromatic carbocycles. The standard InChI is InChI=1S/C13H15Cl2NO/c14-9-5-6-10(15)13-12(9)11(2-1-7-17-13)16-8-3-4-8/h5-6,8,11,16H,1-4,7H2. The molecule has 1 aliphatic carbocycles. The van der Waals surface area contributed by atoms with E-state index in [2.05, 4.69) is 5.32 Å². The van der Waals surface area contributed by atoms with Crippen molar-refractivity contribution in [2.75, 3.05) is 6.61 Å². The summed E-state index contributed by atoms with van der Waals surface area (Å²) in [5, 5.41) is 5.05. The van der Waals surface area contributed by atoms with E-state index in [0.717, 1.165) is 35.8 Å². The normalized spacial score (nSPS) is 23.8. The van der Waals surface area contributed by atoms with Crippen LogP contribution in [0.4, 0.5) is 0 Å². The van der Waals surface area contributed by atoms with Gasteiger partial charge in [-0.25, -0.2) is 0 Å². The molecule has 0 spiro atoms. The Hall–Kier alpha value is -0.440. The minimum Gasteiger partial charge on any atom is -0.492 e. The van der Waals surface area contributed by atoms with Crippen LogP contribution in [0.15, 0.2) is 12.1 Å². The highest BCUT2D eigenvalue weighted by Crippen LogP contribution is 2.42. The number of nitrogens with one attached hydrogen (secondary N) is 1. The van der Waals surface area contributed by atoms with E-state index in [1.807, 2.05) is 12.1 Å². The Bertz CT molecular complexity index is 432. The Morgan fingerprint density at radius 2 is 1.88 bits per heavy atom. The average molecular weight is 272 g/mol. The fraction of sp³-hybridized carbons (Fsp3) is 0.538. The van der Waals surface area contributed by atoms with Crippen LogP contribution in [0, 0.1) is 0 Å². The summed E-state index contributed by atoms with van der Waals surface area (Å²) in [7, 11) is 0. The fourth-order valence-corrected chi connectivity index (χ4v) is 2.83. The third-order valence-corrected chi connectivity index (χ3v) is 3.97. The molecule has 2 aliphatic rings. The van der Waals surface area contributed by atoms with Gasteiger partial charge >= 0.3 is 0 Å². The second-order valence-corrected chi connectivity index (χ2v) is 5.57. The molecule has 1 atom stereocenters. The number of hydrogen-bond donors (Lipinski definition) is 1. The van der Waals surface area contributed by atoms with Crippen LogP contribution < -0.4 is 10.1 Å². The molecule has 0 radical (unpaired) electrons. The van der Waals surface area contributed by atoms with Gasteiger partial charge < -0.3 is 10.1 Å². The molecule has 0 amide bonds. The van der Waals surface area contributed by atoms with Gasteiger partial charge in [0.2, 0.25) is 0 Å². The Morgan fingerprint density at radius 3 is 2.65 bits per heavy atom. The summed E-state index contributed by atoms with van der Waals surface area (Å²) in [6.45, 7) is 0.718. The van der Waals surface area contributed by atoms with Crippen LogP contribution in [0.3, 0.4) is 0 Å². The van der Waals surface area contributed by atoms with E-state index in [1.165, 1.54) is 12.8 Å². The SMILES string of the molecule is Clc1ccc(Cl)c2c1OCCCC2NC1CC1. The molecule has 1 aliphatic heterocycles. The van der Waals surface area contributed by atoms with Crippen LogP contribution >= 0.6 is 23.2 Å². The van der Waals surface area contributed by atoms with E-state index in [1.54, 1.807) is 0 Å². The molecule has 0 aromatic heterocycles. The lowest BCUT2D eigenvalue weighted by molar-refractivity contribution is 0.315. The minimum atomic E-state index is 0.284. The van der Waals surface area contributed by atoms with Crippen molar-refractivity contribution in [1.82, 2.24) is 5.32 Å². The summed E-state index contributed by atoms with van der Waals surface area (Å²) >= 11 is 12.5. The molecular formula is C13H15Cl2NO. The predicted molar refractivity (Wildman–Crippen MR) is 70.1 cm³/mol. The maximum atomic E-state index is 6.31. The summed E-state index contributed by atoms with van der Waals surface area (Å²) in [6, 6.07) is 4.61. The van der Waals surface area contributed by atoms with E-state index in [9.17, 15) is 0 Å². The highest BCUT2D eigenvalue weighted by Gasteiger charge is 2.30. The first kappa shape index (κ1) is 11.6. The highest BCUT2D eigenvalue weighted by molar-refractivity contribution is 6.35. The second-order valence-electron chi connectivity index (χ2n) is 4.76.